The van der Waals surface area contributed by atoms with E-state index in [1.807, 2.05) is 0 Å². The molecule has 1 rings (SSSR count). The van der Waals surface area contributed by atoms with Crippen LogP contribution in [0.2, 0.25) is 5.02 Å². The summed E-state index contributed by atoms with van der Waals surface area (Å²) in [6, 6.07) is 1.47. The van der Waals surface area contributed by atoms with E-state index in [-0.39, 0.29) is 11.7 Å². The number of amides is 1. The first kappa shape index (κ1) is 10.1. The summed E-state index contributed by atoms with van der Waals surface area (Å²) in [5, 5.41) is 3.06. The van der Waals surface area contributed by atoms with Crippen molar-refractivity contribution in [1.82, 2.24) is 5.32 Å². The largest absolute Gasteiger partial charge is 0.458 e. The Morgan fingerprint density at radius 2 is 2.46 bits per heavy atom. The molecule has 0 atom stereocenters. The molecule has 1 amide bonds. The number of nitrogens with one attached hydrogen (secondary N) is 1. The number of hydrogen-bond donors (Lipinski definition) is 2. The molecule has 13 heavy (non-hydrogen) atoms. The van der Waals surface area contributed by atoms with Crippen molar-refractivity contribution in [1.29, 1.82) is 0 Å². The third kappa shape index (κ3) is 3.08. The van der Waals surface area contributed by atoms with Crippen molar-refractivity contribution < 1.29 is 9.21 Å². The maximum atomic E-state index is 11.2. The fourth-order valence-corrected chi connectivity index (χ4v) is 0.967. The third-order valence-electron chi connectivity index (χ3n) is 1.46. The average molecular weight is 203 g/mol. The molecule has 1 aromatic heterocycles. The average Bonchev–Trinajstić information content (AvgIpc) is 2.52. The van der Waals surface area contributed by atoms with Gasteiger partial charge in [0.25, 0.3) is 5.91 Å². The van der Waals surface area contributed by atoms with Crippen LogP contribution in [0.25, 0.3) is 0 Å². The first-order valence-electron chi connectivity index (χ1n) is 3.96. The molecule has 0 aliphatic heterocycles. The summed E-state index contributed by atoms with van der Waals surface area (Å²) in [7, 11) is 0. The lowest BCUT2D eigenvalue weighted by Crippen LogP contribution is -2.25. The van der Waals surface area contributed by atoms with Gasteiger partial charge in [-0.25, -0.2) is 0 Å². The molecule has 4 nitrogen and oxygen atoms in total. The third-order valence-corrected chi connectivity index (χ3v) is 1.66. The lowest BCUT2D eigenvalue weighted by atomic mass is 10.4. The summed E-state index contributed by atoms with van der Waals surface area (Å²) in [6.45, 7) is 1.10. The van der Waals surface area contributed by atoms with Crippen molar-refractivity contribution in [3.8, 4) is 0 Å². The molecule has 0 aliphatic carbocycles. The molecule has 72 valence electrons. The summed E-state index contributed by atoms with van der Waals surface area (Å²) >= 11 is 5.57. The van der Waals surface area contributed by atoms with Crippen molar-refractivity contribution in [2.45, 2.75) is 6.42 Å². The van der Waals surface area contributed by atoms with Gasteiger partial charge in [0.05, 0.1) is 5.02 Å². The molecule has 0 aromatic carbocycles. The van der Waals surface area contributed by atoms with Gasteiger partial charge in [-0.3, -0.25) is 4.79 Å². The molecule has 0 radical (unpaired) electrons. The zero-order valence-electron chi connectivity index (χ0n) is 7.05. The Hall–Kier alpha value is -1.00. The van der Waals surface area contributed by atoms with E-state index in [1.165, 1.54) is 12.3 Å². The molecule has 0 unspecified atom stereocenters. The molecule has 0 bridgehead atoms. The van der Waals surface area contributed by atoms with Gasteiger partial charge in [0, 0.05) is 12.6 Å². The predicted molar refractivity (Wildman–Crippen MR) is 49.7 cm³/mol. The number of furan rings is 1. The first-order chi connectivity index (χ1) is 6.24. The molecule has 0 fully saturated rings. The van der Waals surface area contributed by atoms with Crippen molar-refractivity contribution >= 4 is 17.5 Å². The highest BCUT2D eigenvalue weighted by molar-refractivity contribution is 6.30. The van der Waals surface area contributed by atoms with Crippen LogP contribution >= 0.6 is 11.6 Å². The Balaban J connectivity index is 2.40. The highest BCUT2D eigenvalue weighted by Gasteiger charge is 2.08. The SMILES string of the molecule is NCCCNC(=O)c1cc(Cl)co1. The van der Waals surface area contributed by atoms with E-state index in [9.17, 15) is 4.79 Å². The van der Waals surface area contributed by atoms with Crippen LogP contribution < -0.4 is 11.1 Å². The van der Waals surface area contributed by atoms with E-state index >= 15 is 0 Å². The Bertz CT molecular complexity index is 285. The van der Waals surface area contributed by atoms with Crippen molar-refractivity contribution in [2.75, 3.05) is 13.1 Å². The highest BCUT2D eigenvalue weighted by atomic mass is 35.5. The Morgan fingerprint density at radius 1 is 1.69 bits per heavy atom. The van der Waals surface area contributed by atoms with Gasteiger partial charge in [0.15, 0.2) is 5.76 Å². The summed E-state index contributed by atoms with van der Waals surface area (Å²) in [5.41, 5.74) is 5.26. The van der Waals surface area contributed by atoms with Crippen LogP contribution in [0, 0.1) is 0 Å². The smallest absolute Gasteiger partial charge is 0.287 e. The van der Waals surface area contributed by atoms with Crippen LogP contribution in [-0.2, 0) is 0 Å². The van der Waals surface area contributed by atoms with Gasteiger partial charge in [0.2, 0.25) is 0 Å². The lowest BCUT2D eigenvalue weighted by molar-refractivity contribution is 0.0926. The molecule has 5 heteroatoms. The minimum Gasteiger partial charge on any atom is -0.458 e. The number of carbonyl (C=O) groups is 1. The fourth-order valence-electron chi connectivity index (χ4n) is 0.823. The molecular formula is C8H11ClN2O2. The molecule has 0 spiro atoms. The van der Waals surface area contributed by atoms with Crippen LogP contribution in [-0.4, -0.2) is 19.0 Å². The topological polar surface area (TPSA) is 68.3 Å². The van der Waals surface area contributed by atoms with E-state index in [4.69, 9.17) is 21.8 Å². The normalized spacial score (nSPS) is 10.0. The van der Waals surface area contributed by atoms with Crippen molar-refractivity contribution in [3.63, 3.8) is 0 Å². The summed E-state index contributed by atoms with van der Waals surface area (Å²) in [6.07, 6.45) is 2.07. The number of halogens is 1. The van der Waals surface area contributed by atoms with Gasteiger partial charge in [-0.15, -0.1) is 0 Å². The van der Waals surface area contributed by atoms with Gasteiger partial charge in [-0.1, -0.05) is 11.6 Å². The van der Waals surface area contributed by atoms with Gasteiger partial charge in [-0.2, -0.15) is 0 Å². The standard InChI is InChI=1S/C8H11ClN2O2/c9-6-4-7(13-5-6)8(12)11-3-1-2-10/h4-5H,1-3,10H2,(H,11,12). The number of nitrogens with two attached hydrogens (primary N) is 1. The van der Waals surface area contributed by atoms with Gasteiger partial charge in [0.1, 0.15) is 6.26 Å². The molecule has 3 N–H and O–H groups in total. The maximum Gasteiger partial charge on any atom is 0.287 e. The predicted octanol–water partition coefficient (Wildman–Crippen LogP) is 1.01. The van der Waals surface area contributed by atoms with E-state index in [1.54, 1.807) is 0 Å². The van der Waals surface area contributed by atoms with E-state index in [0.717, 1.165) is 6.42 Å². The van der Waals surface area contributed by atoms with Crippen LogP contribution in [0.3, 0.4) is 0 Å². The zero-order chi connectivity index (χ0) is 9.68. The van der Waals surface area contributed by atoms with Crippen molar-refractivity contribution in [2.24, 2.45) is 5.73 Å². The minimum absolute atomic E-state index is 0.224. The minimum atomic E-state index is -0.264. The van der Waals surface area contributed by atoms with E-state index < -0.39 is 0 Å². The van der Waals surface area contributed by atoms with Gasteiger partial charge < -0.3 is 15.5 Å². The molecular weight excluding hydrogens is 192 g/mol. The second-order valence-electron chi connectivity index (χ2n) is 2.53. The molecule has 0 saturated carbocycles. The van der Waals surface area contributed by atoms with Gasteiger partial charge in [-0.05, 0) is 13.0 Å². The van der Waals surface area contributed by atoms with Crippen LogP contribution in [0.4, 0.5) is 0 Å². The molecule has 0 aliphatic rings. The highest BCUT2D eigenvalue weighted by Crippen LogP contribution is 2.12. The maximum absolute atomic E-state index is 11.2. The zero-order valence-corrected chi connectivity index (χ0v) is 7.80. The van der Waals surface area contributed by atoms with Crippen molar-refractivity contribution in [3.05, 3.63) is 23.1 Å². The molecule has 1 heterocycles. The summed E-state index contributed by atoms with van der Waals surface area (Å²) in [5.74, 6) is -0.0395. The second kappa shape index (κ2) is 4.89. The monoisotopic (exact) mass is 202 g/mol. The molecule has 1 aromatic rings. The van der Waals surface area contributed by atoms with Crippen LogP contribution in [0.5, 0.6) is 0 Å². The Labute approximate surface area is 81.0 Å². The first-order valence-corrected chi connectivity index (χ1v) is 4.34. The molecule has 0 saturated heterocycles. The fraction of sp³-hybridized carbons (Fsp3) is 0.375. The number of carbonyl (C=O) groups excluding carboxylic acids is 1. The Morgan fingerprint density at radius 3 is 3.00 bits per heavy atom. The van der Waals surface area contributed by atoms with Gasteiger partial charge >= 0.3 is 0 Å². The van der Waals surface area contributed by atoms with E-state index in [0.29, 0.717) is 18.1 Å². The Kier molecular flexibility index (Phi) is 3.79. The summed E-state index contributed by atoms with van der Waals surface area (Å²) < 4.78 is 4.88. The quantitative estimate of drug-likeness (QED) is 0.717. The number of hydrogen-bond acceptors (Lipinski definition) is 3. The number of rotatable bonds is 4. The summed E-state index contributed by atoms with van der Waals surface area (Å²) in [4.78, 5) is 11.2. The second-order valence-corrected chi connectivity index (χ2v) is 2.96. The van der Waals surface area contributed by atoms with Crippen LogP contribution in [0.1, 0.15) is 17.0 Å². The van der Waals surface area contributed by atoms with E-state index in [2.05, 4.69) is 5.32 Å². The lowest BCUT2D eigenvalue weighted by Gasteiger charge is -1.99. The van der Waals surface area contributed by atoms with Crippen LogP contribution in [0.15, 0.2) is 16.7 Å².